The summed E-state index contributed by atoms with van der Waals surface area (Å²) in [5.41, 5.74) is 1.73. The van der Waals surface area contributed by atoms with Gasteiger partial charge in [-0.3, -0.25) is 14.6 Å². The van der Waals surface area contributed by atoms with E-state index >= 15 is 0 Å². The summed E-state index contributed by atoms with van der Waals surface area (Å²) in [6.45, 7) is 4.57. The van der Waals surface area contributed by atoms with Crippen molar-refractivity contribution in [1.82, 2.24) is 15.5 Å². The van der Waals surface area contributed by atoms with Crippen LogP contribution in [0, 0.1) is 12.8 Å². The quantitative estimate of drug-likeness (QED) is 0.217. The summed E-state index contributed by atoms with van der Waals surface area (Å²) in [4.78, 5) is 30.1. The number of nitrogens with zero attached hydrogens (tertiary/aromatic N) is 2. The van der Waals surface area contributed by atoms with Gasteiger partial charge in [-0.2, -0.15) is 0 Å². The second kappa shape index (κ2) is 11.8. The number of likely N-dealkylation sites (tertiary alicyclic amines) is 1. The molecule has 1 heterocycles. The van der Waals surface area contributed by atoms with Gasteiger partial charge in [0.15, 0.2) is 5.96 Å². The van der Waals surface area contributed by atoms with Gasteiger partial charge in [0, 0.05) is 38.8 Å². The van der Waals surface area contributed by atoms with Gasteiger partial charge in [-0.1, -0.05) is 17.7 Å². The lowest BCUT2D eigenvalue weighted by atomic mass is 9.97. The number of hydrogen-bond donors (Lipinski definition) is 2. The molecule has 1 aromatic rings. The number of ether oxygens (including phenoxy) is 1. The number of methoxy groups -OCH3 is 1. The number of halogens is 1. The summed E-state index contributed by atoms with van der Waals surface area (Å²) in [5.74, 6) is 0.553. The van der Waals surface area contributed by atoms with Crippen LogP contribution in [0.2, 0.25) is 0 Å². The number of aliphatic imine (C=N–C) groups is 1. The number of benzene rings is 1. The molecule has 0 aliphatic carbocycles. The van der Waals surface area contributed by atoms with Gasteiger partial charge in [-0.25, -0.2) is 0 Å². The number of aryl methyl sites for hydroxylation is 1. The molecule has 0 atom stereocenters. The molecule has 1 saturated heterocycles. The first-order valence-electron chi connectivity index (χ1n) is 8.93. The molecule has 0 spiro atoms. The first-order chi connectivity index (χ1) is 12.5. The maximum Gasteiger partial charge on any atom is 0.308 e. The van der Waals surface area contributed by atoms with Crippen molar-refractivity contribution >= 4 is 41.8 Å². The Labute approximate surface area is 178 Å². The lowest BCUT2D eigenvalue weighted by molar-refractivity contribution is -0.146. The van der Waals surface area contributed by atoms with Crippen LogP contribution in [0.15, 0.2) is 29.3 Å². The van der Waals surface area contributed by atoms with Crippen LogP contribution in [0.5, 0.6) is 0 Å². The first-order valence-corrected chi connectivity index (χ1v) is 8.93. The number of esters is 1. The van der Waals surface area contributed by atoms with Crippen LogP contribution in [0.3, 0.4) is 0 Å². The van der Waals surface area contributed by atoms with Crippen molar-refractivity contribution in [3.8, 4) is 0 Å². The summed E-state index contributed by atoms with van der Waals surface area (Å²) >= 11 is 0. The van der Waals surface area contributed by atoms with Gasteiger partial charge in [0.05, 0.1) is 13.0 Å². The Hall–Kier alpha value is -1.84. The number of guanidine groups is 1. The summed E-state index contributed by atoms with van der Waals surface area (Å²) in [6.07, 6.45) is 1.52. The summed E-state index contributed by atoms with van der Waals surface area (Å²) in [6, 6.07) is 7.52. The Balaban J connectivity index is 0.00000364. The van der Waals surface area contributed by atoms with Gasteiger partial charge in [-0.15, -0.1) is 24.0 Å². The topological polar surface area (TPSA) is 83.0 Å². The van der Waals surface area contributed by atoms with Crippen molar-refractivity contribution < 1.29 is 14.3 Å². The maximum absolute atomic E-state index is 12.1. The minimum absolute atomic E-state index is 0. The van der Waals surface area contributed by atoms with Gasteiger partial charge in [0.1, 0.15) is 0 Å². The molecule has 1 aliphatic heterocycles. The van der Waals surface area contributed by atoms with Crippen LogP contribution in [-0.4, -0.2) is 63.1 Å². The van der Waals surface area contributed by atoms with Crippen molar-refractivity contribution in [3.05, 3.63) is 35.4 Å². The van der Waals surface area contributed by atoms with Crippen LogP contribution < -0.4 is 10.6 Å². The molecule has 2 rings (SSSR count). The Morgan fingerprint density at radius 1 is 1.22 bits per heavy atom. The van der Waals surface area contributed by atoms with E-state index in [2.05, 4.69) is 20.5 Å². The highest BCUT2D eigenvalue weighted by molar-refractivity contribution is 14.0. The van der Waals surface area contributed by atoms with Crippen molar-refractivity contribution in [2.75, 3.05) is 40.3 Å². The first kappa shape index (κ1) is 23.2. The second-order valence-electron chi connectivity index (χ2n) is 6.38. The predicted molar refractivity (Wildman–Crippen MR) is 117 cm³/mol. The van der Waals surface area contributed by atoms with Crippen molar-refractivity contribution in [3.63, 3.8) is 0 Å². The lowest BCUT2D eigenvalue weighted by Crippen LogP contribution is -2.48. The van der Waals surface area contributed by atoms with E-state index in [0.717, 1.165) is 37.5 Å². The number of carbonyl (C=O) groups is 2. The SMILES string of the molecule is CN=C(NCCNC(=O)c1cccc(C)c1)N1CCC(C(=O)OC)CC1.I. The smallest absolute Gasteiger partial charge is 0.308 e. The number of rotatable bonds is 5. The molecule has 2 N–H and O–H groups in total. The van der Waals surface area contributed by atoms with Crippen LogP contribution in [0.1, 0.15) is 28.8 Å². The largest absolute Gasteiger partial charge is 0.469 e. The molecule has 150 valence electrons. The van der Waals surface area contributed by atoms with E-state index in [0.29, 0.717) is 18.7 Å². The fraction of sp³-hybridized carbons (Fsp3) is 0.526. The predicted octanol–water partition coefficient (Wildman–Crippen LogP) is 1.80. The van der Waals surface area contributed by atoms with E-state index in [-0.39, 0.29) is 41.8 Å². The molecule has 1 fully saturated rings. The van der Waals surface area contributed by atoms with Gasteiger partial charge in [0.25, 0.3) is 5.91 Å². The maximum atomic E-state index is 12.1. The number of nitrogens with one attached hydrogen (secondary N) is 2. The second-order valence-corrected chi connectivity index (χ2v) is 6.38. The minimum atomic E-state index is -0.133. The molecule has 0 saturated carbocycles. The zero-order chi connectivity index (χ0) is 18.9. The monoisotopic (exact) mass is 488 g/mol. The molecule has 0 bridgehead atoms. The molecule has 8 heteroatoms. The van der Waals surface area contributed by atoms with Crippen molar-refractivity contribution in [2.24, 2.45) is 10.9 Å². The summed E-state index contributed by atoms with van der Waals surface area (Å²) in [5, 5.41) is 6.16. The molecule has 1 amide bonds. The highest BCUT2D eigenvalue weighted by atomic mass is 127. The average Bonchev–Trinajstić information content (AvgIpc) is 2.67. The molecule has 1 aliphatic rings. The Morgan fingerprint density at radius 3 is 2.48 bits per heavy atom. The van der Waals surface area contributed by atoms with Crippen LogP contribution >= 0.6 is 24.0 Å². The van der Waals surface area contributed by atoms with Crippen LogP contribution in [-0.2, 0) is 9.53 Å². The molecule has 0 unspecified atom stereocenters. The molecule has 27 heavy (non-hydrogen) atoms. The van der Waals surface area contributed by atoms with E-state index < -0.39 is 0 Å². The van der Waals surface area contributed by atoms with E-state index in [4.69, 9.17) is 4.74 Å². The molecule has 1 aromatic carbocycles. The van der Waals surface area contributed by atoms with Gasteiger partial charge < -0.3 is 20.3 Å². The zero-order valence-corrected chi connectivity index (χ0v) is 18.5. The van der Waals surface area contributed by atoms with Crippen LogP contribution in [0.25, 0.3) is 0 Å². The lowest BCUT2D eigenvalue weighted by Gasteiger charge is -2.33. The Kier molecular flexibility index (Phi) is 10.1. The number of amides is 1. The van der Waals surface area contributed by atoms with E-state index in [9.17, 15) is 9.59 Å². The third kappa shape index (κ3) is 7.00. The number of carbonyl (C=O) groups excluding carboxylic acids is 2. The number of piperidine rings is 1. The summed E-state index contributed by atoms with van der Waals surface area (Å²) < 4.78 is 4.81. The fourth-order valence-electron chi connectivity index (χ4n) is 3.06. The Bertz CT molecular complexity index is 658. The van der Waals surface area contributed by atoms with Gasteiger partial charge in [-0.05, 0) is 31.9 Å². The third-order valence-electron chi connectivity index (χ3n) is 4.51. The normalized spacial score (nSPS) is 14.9. The number of hydrogen-bond acceptors (Lipinski definition) is 4. The average molecular weight is 488 g/mol. The van der Waals surface area contributed by atoms with Gasteiger partial charge in [0.2, 0.25) is 0 Å². The summed E-state index contributed by atoms with van der Waals surface area (Å²) in [7, 11) is 3.17. The molecule has 0 aromatic heterocycles. The third-order valence-corrected chi connectivity index (χ3v) is 4.51. The van der Waals surface area contributed by atoms with E-state index in [1.54, 1.807) is 13.1 Å². The van der Waals surface area contributed by atoms with Gasteiger partial charge >= 0.3 is 5.97 Å². The van der Waals surface area contributed by atoms with Crippen molar-refractivity contribution in [2.45, 2.75) is 19.8 Å². The van der Waals surface area contributed by atoms with E-state index in [1.807, 2.05) is 25.1 Å². The standard InChI is InChI=1S/C19H28N4O3.HI/c1-14-5-4-6-16(13-14)17(24)21-9-10-22-19(20-2)23-11-7-15(8-12-23)18(25)26-3;/h4-6,13,15H,7-12H2,1-3H3,(H,20,22)(H,21,24);1H. The highest BCUT2D eigenvalue weighted by Gasteiger charge is 2.26. The highest BCUT2D eigenvalue weighted by Crippen LogP contribution is 2.18. The molecule has 0 radical (unpaired) electrons. The molecule has 7 nitrogen and oxygen atoms in total. The minimum Gasteiger partial charge on any atom is -0.469 e. The van der Waals surface area contributed by atoms with E-state index in [1.165, 1.54) is 7.11 Å². The molecular weight excluding hydrogens is 459 g/mol. The molecular formula is C19H29IN4O3. The van der Waals surface area contributed by atoms with Crippen molar-refractivity contribution in [1.29, 1.82) is 0 Å². The van der Waals surface area contributed by atoms with Crippen LogP contribution in [0.4, 0.5) is 0 Å². The Morgan fingerprint density at radius 2 is 1.89 bits per heavy atom. The zero-order valence-electron chi connectivity index (χ0n) is 16.2. The fourth-order valence-corrected chi connectivity index (χ4v) is 3.06.